The Kier molecular flexibility index (Phi) is 8.07. The Balaban J connectivity index is 2.02. The highest BCUT2D eigenvalue weighted by atomic mass is 79.9. The molecule has 2 aromatic carbocycles. The summed E-state index contributed by atoms with van der Waals surface area (Å²) in [5, 5.41) is 11.9. The largest absolute Gasteiger partial charge is 0.378 e. The normalized spacial score (nSPS) is 24.6. The highest BCUT2D eigenvalue weighted by Crippen LogP contribution is 2.60. The first-order chi connectivity index (χ1) is 14.6. The lowest BCUT2D eigenvalue weighted by Crippen LogP contribution is -2.35. The molecule has 3 rings (SSSR count). The fourth-order valence-electron chi connectivity index (χ4n) is 4.49. The van der Waals surface area contributed by atoms with Gasteiger partial charge in [-0.05, 0) is 72.6 Å². The molecule has 5 atom stereocenters. The zero-order valence-corrected chi connectivity index (χ0v) is 21.6. The summed E-state index contributed by atoms with van der Waals surface area (Å²) < 4.78 is 22.0. The van der Waals surface area contributed by atoms with Gasteiger partial charge in [0.05, 0.1) is 6.10 Å². The molecule has 6 heteroatoms. The summed E-state index contributed by atoms with van der Waals surface area (Å²) in [5.41, 5.74) is 1.62. The summed E-state index contributed by atoms with van der Waals surface area (Å²) in [6.07, 6.45) is 2.97. The molecule has 0 radical (unpaired) electrons. The molecular weight excluding hydrogens is 473 g/mol. The van der Waals surface area contributed by atoms with Gasteiger partial charge in [-0.3, -0.25) is 4.57 Å². The van der Waals surface area contributed by atoms with Crippen LogP contribution in [0.2, 0.25) is 0 Å². The van der Waals surface area contributed by atoms with E-state index in [2.05, 4.69) is 36.7 Å². The molecule has 0 heterocycles. The van der Waals surface area contributed by atoms with E-state index in [-0.39, 0.29) is 6.10 Å². The van der Waals surface area contributed by atoms with Crippen LogP contribution in [-0.2, 0) is 9.09 Å². The lowest BCUT2D eigenvalue weighted by atomic mass is 9.75. The Morgan fingerprint density at radius 1 is 1.06 bits per heavy atom. The first-order valence-corrected chi connectivity index (χ1v) is 13.6. The predicted molar refractivity (Wildman–Crippen MR) is 133 cm³/mol. The molecule has 0 spiro atoms. The molecule has 1 saturated carbocycles. The summed E-state index contributed by atoms with van der Waals surface area (Å²) in [6, 6.07) is 14.9. The van der Waals surface area contributed by atoms with Gasteiger partial charge in [-0.1, -0.05) is 55.3 Å². The number of nitrogens with zero attached hydrogens (tertiary/aromatic N) is 1. The minimum Gasteiger partial charge on any atom is -0.378 e. The second-order valence-corrected chi connectivity index (χ2v) is 12.7. The molecule has 2 aromatic rings. The van der Waals surface area contributed by atoms with Gasteiger partial charge in [0, 0.05) is 29.6 Å². The Morgan fingerprint density at radius 3 is 2.23 bits per heavy atom. The molecule has 170 valence electrons. The third-order valence-electron chi connectivity index (χ3n) is 6.47. The van der Waals surface area contributed by atoms with Crippen molar-refractivity contribution < 1.29 is 14.2 Å². The third kappa shape index (κ3) is 5.63. The van der Waals surface area contributed by atoms with Crippen LogP contribution >= 0.6 is 23.3 Å². The highest BCUT2D eigenvalue weighted by molar-refractivity contribution is 9.10. The first kappa shape index (κ1) is 24.5. The van der Waals surface area contributed by atoms with Crippen molar-refractivity contribution in [2.75, 3.05) is 19.0 Å². The number of aliphatic hydroxyl groups is 1. The number of anilines is 1. The van der Waals surface area contributed by atoms with Gasteiger partial charge in [0.2, 0.25) is 0 Å². The van der Waals surface area contributed by atoms with E-state index < -0.39 is 13.2 Å². The van der Waals surface area contributed by atoms with E-state index in [0.29, 0.717) is 28.6 Å². The molecule has 0 saturated heterocycles. The van der Waals surface area contributed by atoms with Crippen molar-refractivity contribution >= 4 is 34.3 Å². The van der Waals surface area contributed by atoms with E-state index in [1.165, 1.54) is 6.42 Å². The van der Waals surface area contributed by atoms with E-state index in [1.807, 2.05) is 67.5 Å². The van der Waals surface area contributed by atoms with Crippen LogP contribution in [0.4, 0.5) is 5.69 Å². The van der Waals surface area contributed by atoms with Crippen molar-refractivity contribution in [3.8, 4) is 0 Å². The number of benzene rings is 2. The van der Waals surface area contributed by atoms with E-state index in [0.717, 1.165) is 23.0 Å². The van der Waals surface area contributed by atoms with Crippen LogP contribution in [-0.4, -0.2) is 25.3 Å². The van der Waals surface area contributed by atoms with Gasteiger partial charge in [-0.2, -0.15) is 0 Å². The third-order valence-corrected chi connectivity index (χ3v) is 9.54. The standard InChI is InChI=1S/C25H35BrNO3P/c1-17(2)23-15-6-18(3)16-24(23)30-31(29,22-13-11-21(12-14-22)27(4)5)25(28)19-7-9-20(26)10-8-19/h7-14,17-18,23-25,28H,6,15-16H2,1-5H3/t18-,23+,24-,25+,31+/m1/s1. The van der Waals surface area contributed by atoms with Crippen LogP contribution in [0.15, 0.2) is 53.0 Å². The second kappa shape index (κ2) is 10.2. The predicted octanol–water partition coefficient (Wildman–Crippen LogP) is 6.59. The molecule has 0 bridgehead atoms. The number of aliphatic hydroxyl groups excluding tert-OH is 1. The van der Waals surface area contributed by atoms with Crippen LogP contribution < -0.4 is 10.2 Å². The van der Waals surface area contributed by atoms with Crippen LogP contribution in [0, 0.1) is 17.8 Å². The van der Waals surface area contributed by atoms with Gasteiger partial charge >= 0.3 is 0 Å². The maximum atomic E-state index is 14.5. The highest BCUT2D eigenvalue weighted by Gasteiger charge is 2.42. The summed E-state index contributed by atoms with van der Waals surface area (Å²) in [4.78, 5) is 2.00. The monoisotopic (exact) mass is 507 g/mol. The minimum atomic E-state index is -3.60. The van der Waals surface area contributed by atoms with Crippen molar-refractivity contribution in [2.45, 2.75) is 52.0 Å². The van der Waals surface area contributed by atoms with E-state index >= 15 is 0 Å². The molecule has 0 aromatic heterocycles. The minimum absolute atomic E-state index is 0.131. The van der Waals surface area contributed by atoms with Crippen LogP contribution in [0.25, 0.3) is 0 Å². The lowest BCUT2D eigenvalue weighted by Gasteiger charge is -2.40. The Hall–Kier alpha value is -1.13. The molecule has 0 aliphatic heterocycles. The zero-order valence-electron chi connectivity index (χ0n) is 19.2. The average Bonchev–Trinajstić information content (AvgIpc) is 2.73. The van der Waals surface area contributed by atoms with E-state index in [1.54, 1.807) is 0 Å². The van der Waals surface area contributed by atoms with Crippen molar-refractivity contribution in [1.29, 1.82) is 0 Å². The van der Waals surface area contributed by atoms with Gasteiger partial charge in [0.1, 0.15) is 0 Å². The Labute approximate surface area is 195 Å². The van der Waals surface area contributed by atoms with Crippen LogP contribution in [0.5, 0.6) is 0 Å². The molecule has 1 aliphatic rings. The Morgan fingerprint density at radius 2 is 1.68 bits per heavy atom. The number of halogens is 1. The van der Waals surface area contributed by atoms with Gasteiger partial charge in [0.15, 0.2) is 5.85 Å². The lowest BCUT2D eigenvalue weighted by molar-refractivity contribution is 0.0427. The second-order valence-electron chi connectivity index (χ2n) is 9.40. The van der Waals surface area contributed by atoms with Gasteiger partial charge in [-0.25, -0.2) is 0 Å². The summed E-state index contributed by atoms with van der Waals surface area (Å²) in [7, 11) is 0.341. The van der Waals surface area contributed by atoms with Crippen molar-refractivity contribution in [3.05, 3.63) is 58.6 Å². The molecule has 1 N–H and O–H groups in total. The van der Waals surface area contributed by atoms with Crippen LogP contribution in [0.3, 0.4) is 0 Å². The van der Waals surface area contributed by atoms with Crippen molar-refractivity contribution in [3.63, 3.8) is 0 Å². The maximum Gasteiger partial charge on any atom is 0.264 e. The van der Waals surface area contributed by atoms with E-state index in [9.17, 15) is 9.67 Å². The summed E-state index contributed by atoms with van der Waals surface area (Å²) >= 11 is 3.43. The molecule has 4 nitrogen and oxygen atoms in total. The number of hydrogen-bond acceptors (Lipinski definition) is 4. The average molecular weight is 508 g/mol. The van der Waals surface area contributed by atoms with Gasteiger partial charge < -0.3 is 14.5 Å². The zero-order chi connectivity index (χ0) is 22.8. The molecular formula is C25H35BrNO3P. The fourth-order valence-corrected chi connectivity index (χ4v) is 7.04. The topological polar surface area (TPSA) is 49.8 Å². The summed E-state index contributed by atoms with van der Waals surface area (Å²) in [5.74, 6) is 0.0832. The summed E-state index contributed by atoms with van der Waals surface area (Å²) in [6.45, 7) is 6.65. The molecule has 1 fully saturated rings. The Bertz CT molecular complexity index is 898. The van der Waals surface area contributed by atoms with Crippen LogP contribution in [0.1, 0.15) is 51.4 Å². The first-order valence-electron chi connectivity index (χ1n) is 11.1. The number of rotatable bonds is 7. The molecule has 31 heavy (non-hydrogen) atoms. The van der Waals surface area contributed by atoms with Crippen molar-refractivity contribution in [2.24, 2.45) is 17.8 Å². The SMILES string of the molecule is CC(C)[C@@H]1CC[C@@H](C)C[C@H]1O[P@@](=O)(c1ccc(N(C)C)cc1)[C@H](O)c1ccc(Br)cc1. The van der Waals surface area contributed by atoms with Gasteiger partial charge in [-0.15, -0.1) is 0 Å². The van der Waals surface area contributed by atoms with Crippen molar-refractivity contribution in [1.82, 2.24) is 0 Å². The molecule has 0 amide bonds. The molecule has 1 aliphatic carbocycles. The smallest absolute Gasteiger partial charge is 0.264 e. The quantitative estimate of drug-likeness (QED) is 0.429. The molecule has 0 unspecified atom stereocenters. The maximum absolute atomic E-state index is 14.5. The fraction of sp³-hybridized carbons (Fsp3) is 0.520. The van der Waals surface area contributed by atoms with Gasteiger partial charge in [0.25, 0.3) is 7.37 Å². The van der Waals surface area contributed by atoms with E-state index in [4.69, 9.17) is 4.52 Å². The number of hydrogen-bond donors (Lipinski definition) is 1.